The number of halogens is 3. The molecule has 1 fully saturated rings. The quantitative estimate of drug-likeness (QED) is 0.323. The van der Waals surface area contributed by atoms with E-state index in [9.17, 15) is 27.9 Å². The smallest absolute Gasteiger partial charge is 0.389 e. The van der Waals surface area contributed by atoms with Crippen molar-refractivity contribution in [2.24, 2.45) is 0 Å². The molecule has 0 spiro atoms. The zero-order valence-electron chi connectivity index (χ0n) is 20.3. The molecule has 35 heavy (non-hydrogen) atoms. The number of carbonyl (C=O) groups excluding carboxylic acids is 1. The van der Waals surface area contributed by atoms with Crippen LogP contribution >= 0.6 is 0 Å². The molecule has 1 saturated carbocycles. The summed E-state index contributed by atoms with van der Waals surface area (Å²) >= 11 is 0. The van der Waals surface area contributed by atoms with E-state index in [1.807, 2.05) is 0 Å². The Hall–Kier alpha value is -2.49. The molecule has 2 N–H and O–H groups in total. The molecule has 1 aromatic rings. The number of unbranched alkanes of at least 4 members (excludes halogenated alkanes) is 2. The number of nitrogens with zero attached hydrogens (tertiary/aromatic N) is 1. The molecular formula is C25H37F3N2O5. The van der Waals surface area contributed by atoms with Gasteiger partial charge in [-0.05, 0) is 50.3 Å². The van der Waals surface area contributed by atoms with Crippen LogP contribution in [-0.2, 0) is 16.0 Å². The number of carboxylic acid groups (broad SMARTS) is 1. The summed E-state index contributed by atoms with van der Waals surface area (Å²) in [5.74, 6) is -0.431. The number of ether oxygens (including phenoxy) is 2. The van der Waals surface area contributed by atoms with Crippen LogP contribution in [0, 0.1) is 0 Å². The molecule has 1 aliphatic rings. The van der Waals surface area contributed by atoms with Crippen LogP contribution in [0.15, 0.2) is 24.3 Å². The van der Waals surface area contributed by atoms with Gasteiger partial charge in [0, 0.05) is 32.0 Å². The summed E-state index contributed by atoms with van der Waals surface area (Å²) in [6.45, 7) is 2.96. The molecule has 0 saturated heterocycles. The lowest BCUT2D eigenvalue weighted by atomic mass is 10.1. The second-order valence-electron chi connectivity index (χ2n) is 8.82. The maximum absolute atomic E-state index is 12.7. The van der Waals surface area contributed by atoms with Crippen molar-refractivity contribution in [2.75, 3.05) is 26.3 Å². The van der Waals surface area contributed by atoms with Gasteiger partial charge >= 0.3 is 18.2 Å². The molecule has 0 heterocycles. The van der Waals surface area contributed by atoms with E-state index in [1.54, 1.807) is 36.1 Å². The van der Waals surface area contributed by atoms with Gasteiger partial charge in [0.05, 0.1) is 6.54 Å². The van der Waals surface area contributed by atoms with Crippen LogP contribution in [0.25, 0.3) is 0 Å². The van der Waals surface area contributed by atoms with Gasteiger partial charge in [-0.25, -0.2) is 9.59 Å². The Morgan fingerprint density at radius 1 is 1.11 bits per heavy atom. The first-order chi connectivity index (χ1) is 16.7. The van der Waals surface area contributed by atoms with Gasteiger partial charge in [0.25, 0.3) is 0 Å². The van der Waals surface area contributed by atoms with Crippen molar-refractivity contribution in [1.82, 2.24) is 10.2 Å². The van der Waals surface area contributed by atoms with Gasteiger partial charge in [0.1, 0.15) is 12.4 Å². The second kappa shape index (κ2) is 14.8. The number of hydrogen-bond acceptors (Lipinski definition) is 4. The van der Waals surface area contributed by atoms with Gasteiger partial charge in [-0.3, -0.25) is 0 Å². The van der Waals surface area contributed by atoms with Gasteiger partial charge in [-0.1, -0.05) is 31.4 Å². The summed E-state index contributed by atoms with van der Waals surface area (Å²) in [6.07, 6.45) is -0.628. The normalized spacial score (nSPS) is 15.1. The Balaban J connectivity index is 1.83. The highest BCUT2D eigenvalue weighted by Crippen LogP contribution is 2.23. The largest absolute Gasteiger partial charge is 0.492 e. The molecule has 0 radical (unpaired) electrons. The van der Waals surface area contributed by atoms with Crippen molar-refractivity contribution in [1.29, 1.82) is 0 Å². The second-order valence-corrected chi connectivity index (χ2v) is 8.82. The van der Waals surface area contributed by atoms with Crippen molar-refractivity contribution >= 4 is 12.0 Å². The van der Waals surface area contributed by atoms with Gasteiger partial charge in [0.2, 0.25) is 0 Å². The number of nitrogens with one attached hydrogen (secondary N) is 1. The fraction of sp³-hybridized carbons (Fsp3) is 0.680. The highest BCUT2D eigenvalue weighted by molar-refractivity contribution is 5.74. The van der Waals surface area contributed by atoms with Crippen molar-refractivity contribution in [3.8, 4) is 5.75 Å². The van der Waals surface area contributed by atoms with Crippen molar-refractivity contribution < 1.29 is 37.3 Å². The topological polar surface area (TPSA) is 88.1 Å². The van der Waals surface area contributed by atoms with Crippen LogP contribution in [0.1, 0.15) is 63.9 Å². The first-order valence-corrected chi connectivity index (χ1v) is 12.4. The van der Waals surface area contributed by atoms with E-state index in [1.165, 1.54) is 0 Å². The highest BCUT2D eigenvalue weighted by atomic mass is 19.4. The first kappa shape index (κ1) is 28.7. The van der Waals surface area contributed by atoms with Gasteiger partial charge in [-0.2, -0.15) is 13.2 Å². The van der Waals surface area contributed by atoms with Gasteiger partial charge in [0.15, 0.2) is 6.10 Å². The molecule has 0 bridgehead atoms. The minimum absolute atomic E-state index is 0.0520. The van der Waals surface area contributed by atoms with Gasteiger partial charge < -0.3 is 24.8 Å². The van der Waals surface area contributed by atoms with Crippen LogP contribution < -0.4 is 10.1 Å². The van der Waals surface area contributed by atoms with E-state index >= 15 is 0 Å². The van der Waals surface area contributed by atoms with Crippen molar-refractivity contribution in [3.05, 3.63) is 29.8 Å². The fourth-order valence-corrected chi connectivity index (χ4v) is 4.08. The Kier molecular flexibility index (Phi) is 12.2. The first-order valence-electron chi connectivity index (χ1n) is 12.4. The fourth-order valence-electron chi connectivity index (χ4n) is 4.08. The third kappa shape index (κ3) is 11.7. The highest BCUT2D eigenvalue weighted by Gasteiger charge is 2.26. The summed E-state index contributed by atoms with van der Waals surface area (Å²) < 4.78 is 48.1. The number of hydrogen-bond donors (Lipinski definition) is 2. The molecule has 0 aromatic heterocycles. The predicted molar refractivity (Wildman–Crippen MR) is 126 cm³/mol. The summed E-state index contributed by atoms with van der Waals surface area (Å²) in [6, 6.07) is 6.96. The molecule has 1 atom stereocenters. The van der Waals surface area contributed by atoms with E-state index in [0.29, 0.717) is 38.3 Å². The molecule has 2 amide bonds. The molecule has 1 aliphatic carbocycles. The number of benzene rings is 1. The molecule has 10 heteroatoms. The Labute approximate surface area is 205 Å². The zero-order valence-corrected chi connectivity index (χ0v) is 20.3. The molecule has 0 aliphatic heterocycles. The summed E-state index contributed by atoms with van der Waals surface area (Å²) in [4.78, 5) is 25.6. The summed E-state index contributed by atoms with van der Waals surface area (Å²) in [7, 11) is 0. The maximum atomic E-state index is 12.7. The Morgan fingerprint density at radius 2 is 1.80 bits per heavy atom. The van der Waals surface area contributed by atoms with E-state index < -0.39 is 24.7 Å². The molecule has 2 rings (SSSR count). The standard InChI is InChI=1S/C25H37F3N2O5/c1-2-34-22(23(31)32)18-19-10-12-21(13-11-19)35-17-16-30(15-7-3-6-14-25(26,27)28)24(33)29-20-8-4-5-9-20/h10-13,20,22H,2-9,14-18H2,1H3,(H,29,33)(H,31,32). The number of carboxylic acids is 1. The maximum Gasteiger partial charge on any atom is 0.389 e. The third-order valence-corrected chi connectivity index (χ3v) is 5.98. The number of aliphatic carboxylic acids is 1. The van der Waals surface area contributed by atoms with E-state index in [4.69, 9.17) is 9.47 Å². The van der Waals surface area contributed by atoms with Crippen LogP contribution in [0.4, 0.5) is 18.0 Å². The van der Waals surface area contributed by atoms with Crippen molar-refractivity contribution in [3.63, 3.8) is 0 Å². The number of amides is 2. The number of rotatable bonds is 15. The summed E-state index contributed by atoms with van der Waals surface area (Å²) in [5.41, 5.74) is 0.801. The van der Waals surface area contributed by atoms with Crippen LogP contribution in [-0.4, -0.2) is 66.6 Å². The average molecular weight is 503 g/mol. The van der Waals surface area contributed by atoms with E-state index in [2.05, 4.69) is 5.32 Å². The molecule has 1 unspecified atom stereocenters. The van der Waals surface area contributed by atoms with E-state index in [0.717, 1.165) is 31.2 Å². The molecule has 198 valence electrons. The SMILES string of the molecule is CCOC(Cc1ccc(OCCN(CCCCCC(F)(F)F)C(=O)NC2CCCC2)cc1)C(=O)O. The average Bonchev–Trinajstić information content (AvgIpc) is 3.30. The minimum Gasteiger partial charge on any atom is -0.492 e. The minimum atomic E-state index is -4.15. The number of urea groups is 1. The van der Waals surface area contributed by atoms with E-state index in [-0.39, 0.29) is 31.5 Å². The Bertz CT molecular complexity index is 767. The van der Waals surface area contributed by atoms with Crippen molar-refractivity contribution in [2.45, 2.75) is 83.0 Å². The Morgan fingerprint density at radius 3 is 2.40 bits per heavy atom. The van der Waals surface area contributed by atoms with Crippen LogP contribution in [0.5, 0.6) is 5.75 Å². The molecule has 7 nitrogen and oxygen atoms in total. The third-order valence-electron chi connectivity index (χ3n) is 5.98. The van der Waals surface area contributed by atoms with Crippen LogP contribution in [0.3, 0.4) is 0 Å². The number of alkyl halides is 3. The summed E-state index contributed by atoms with van der Waals surface area (Å²) in [5, 5.41) is 12.2. The zero-order chi connectivity index (χ0) is 25.7. The predicted octanol–water partition coefficient (Wildman–Crippen LogP) is 5.17. The lowest BCUT2D eigenvalue weighted by Crippen LogP contribution is -2.45. The number of carbonyl (C=O) groups is 2. The van der Waals surface area contributed by atoms with Gasteiger partial charge in [-0.15, -0.1) is 0 Å². The van der Waals surface area contributed by atoms with Crippen LogP contribution in [0.2, 0.25) is 0 Å². The lowest BCUT2D eigenvalue weighted by Gasteiger charge is -2.25. The monoisotopic (exact) mass is 502 g/mol. The lowest BCUT2D eigenvalue weighted by molar-refractivity contribution is -0.150. The molecular weight excluding hydrogens is 465 g/mol. The molecule has 1 aromatic carbocycles.